The van der Waals surface area contributed by atoms with Gasteiger partial charge in [-0.25, -0.2) is 4.98 Å². The Morgan fingerprint density at radius 1 is 1.11 bits per heavy atom. The summed E-state index contributed by atoms with van der Waals surface area (Å²) in [4.78, 5) is 12.3. The fraction of sp³-hybridized carbons (Fsp3) is 0. The van der Waals surface area contributed by atoms with Crippen molar-refractivity contribution in [2.24, 2.45) is 0 Å². The zero-order valence-electron chi connectivity index (χ0n) is 9.42. The molecule has 0 bridgehead atoms. The summed E-state index contributed by atoms with van der Waals surface area (Å²) in [7, 11) is 0. The Kier molecular flexibility index (Phi) is 2.74. The predicted molar refractivity (Wildman–Crippen MR) is 75.7 cm³/mol. The van der Waals surface area contributed by atoms with E-state index in [-0.39, 0.29) is 0 Å². The van der Waals surface area contributed by atoms with Gasteiger partial charge < -0.3 is 10.3 Å². The Bertz CT molecular complexity index is 657. The lowest BCUT2D eigenvalue weighted by Gasteiger charge is -2.02. The highest BCUT2D eigenvalue weighted by Gasteiger charge is 2.06. The van der Waals surface area contributed by atoms with Gasteiger partial charge in [0.2, 0.25) is 5.95 Å². The molecule has 4 nitrogen and oxygen atoms in total. The fourth-order valence-electron chi connectivity index (χ4n) is 1.68. The molecule has 88 valence electrons. The molecule has 2 aromatic heterocycles. The zero-order valence-corrected chi connectivity index (χ0v) is 10.2. The molecule has 18 heavy (non-hydrogen) atoms. The number of imidazole rings is 1. The Morgan fingerprint density at radius 2 is 1.94 bits per heavy atom. The normalized spacial score (nSPS) is 10.4. The number of aromatic amines is 1. The Balaban J connectivity index is 1.86. The first kappa shape index (κ1) is 10.9. The first-order chi connectivity index (χ1) is 8.83. The molecule has 0 atom stereocenters. The molecule has 0 aliphatic carbocycles. The molecule has 5 heteroatoms. The number of hydrogen-bond acceptors (Lipinski definition) is 3. The van der Waals surface area contributed by atoms with Crippen LogP contribution in [0.2, 0.25) is 0 Å². The second kappa shape index (κ2) is 4.54. The van der Waals surface area contributed by atoms with Crippen LogP contribution in [0.5, 0.6) is 0 Å². The number of H-pyrrole nitrogens is 1. The molecule has 2 N–H and O–H groups in total. The average molecular weight is 254 g/mol. The van der Waals surface area contributed by atoms with E-state index in [1.54, 1.807) is 6.20 Å². The molecule has 0 amide bonds. The summed E-state index contributed by atoms with van der Waals surface area (Å²) in [5, 5.41) is 3.05. The Hall–Kier alpha value is -2.27. The van der Waals surface area contributed by atoms with Crippen LogP contribution in [0.4, 0.5) is 5.95 Å². The van der Waals surface area contributed by atoms with Gasteiger partial charge in [-0.1, -0.05) is 30.4 Å². The van der Waals surface area contributed by atoms with Crippen molar-refractivity contribution in [3.05, 3.63) is 54.4 Å². The van der Waals surface area contributed by atoms with E-state index in [1.807, 2.05) is 42.5 Å². The molecule has 3 aromatic rings. The SMILES string of the molecule is S=C(Nc1nc2ccccc2[nH]1)c1ccccn1. The quantitative estimate of drug-likeness (QED) is 0.690. The molecule has 1 aromatic carbocycles. The van der Waals surface area contributed by atoms with E-state index in [4.69, 9.17) is 12.2 Å². The molecule has 0 fully saturated rings. The van der Waals surface area contributed by atoms with Crippen LogP contribution in [0.1, 0.15) is 5.69 Å². The maximum Gasteiger partial charge on any atom is 0.206 e. The summed E-state index contributed by atoms with van der Waals surface area (Å²) in [6, 6.07) is 13.4. The molecule has 2 heterocycles. The number of thiocarbonyl (C=S) groups is 1. The summed E-state index contributed by atoms with van der Waals surface area (Å²) in [5.41, 5.74) is 2.61. The predicted octanol–water partition coefficient (Wildman–Crippen LogP) is 2.75. The molecule has 0 saturated carbocycles. The largest absolute Gasteiger partial charge is 0.324 e. The maximum absolute atomic E-state index is 5.27. The summed E-state index contributed by atoms with van der Waals surface area (Å²) < 4.78 is 0. The first-order valence-electron chi connectivity index (χ1n) is 5.50. The van der Waals surface area contributed by atoms with Crippen molar-refractivity contribution in [1.29, 1.82) is 0 Å². The third-order valence-electron chi connectivity index (χ3n) is 2.52. The van der Waals surface area contributed by atoms with Gasteiger partial charge in [0.15, 0.2) is 0 Å². The summed E-state index contributed by atoms with van der Waals surface area (Å²) in [5.74, 6) is 0.631. The standard InChI is InChI=1S/C13H10N4S/c18-12(11-7-3-4-8-14-11)17-13-15-9-5-1-2-6-10(9)16-13/h1-8H,(H2,15,16,17,18). The maximum atomic E-state index is 5.27. The lowest BCUT2D eigenvalue weighted by molar-refractivity contribution is 1.28. The minimum absolute atomic E-state index is 0.551. The van der Waals surface area contributed by atoms with Crippen molar-refractivity contribution in [2.45, 2.75) is 0 Å². The highest BCUT2D eigenvalue weighted by Crippen LogP contribution is 2.13. The number of hydrogen-bond donors (Lipinski definition) is 2. The third-order valence-corrected chi connectivity index (χ3v) is 2.83. The van der Waals surface area contributed by atoms with Gasteiger partial charge in [0.25, 0.3) is 0 Å². The van der Waals surface area contributed by atoms with E-state index in [9.17, 15) is 0 Å². The molecular formula is C13H10N4S. The van der Waals surface area contributed by atoms with E-state index in [1.165, 1.54) is 0 Å². The van der Waals surface area contributed by atoms with Crippen LogP contribution in [-0.2, 0) is 0 Å². The van der Waals surface area contributed by atoms with Crippen molar-refractivity contribution in [3.8, 4) is 0 Å². The average Bonchev–Trinajstić information content (AvgIpc) is 2.82. The number of pyridine rings is 1. The fourth-order valence-corrected chi connectivity index (χ4v) is 1.90. The number of para-hydroxylation sites is 2. The van der Waals surface area contributed by atoms with Crippen LogP contribution in [0.25, 0.3) is 11.0 Å². The smallest absolute Gasteiger partial charge is 0.206 e. The van der Waals surface area contributed by atoms with Crippen molar-refractivity contribution >= 4 is 34.2 Å². The molecule has 3 rings (SSSR count). The highest BCUT2D eigenvalue weighted by atomic mass is 32.1. The van der Waals surface area contributed by atoms with E-state index in [2.05, 4.69) is 20.3 Å². The topological polar surface area (TPSA) is 53.6 Å². The summed E-state index contributed by atoms with van der Waals surface area (Å²) in [6.45, 7) is 0. The number of aromatic nitrogens is 3. The number of benzene rings is 1. The van der Waals surface area contributed by atoms with Crippen molar-refractivity contribution in [2.75, 3.05) is 5.32 Å². The number of rotatable bonds is 2. The lowest BCUT2D eigenvalue weighted by atomic mass is 10.3. The van der Waals surface area contributed by atoms with Gasteiger partial charge in [0.1, 0.15) is 4.99 Å². The van der Waals surface area contributed by atoms with Crippen LogP contribution >= 0.6 is 12.2 Å². The van der Waals surface area contributed by atoms with Crippen LogP contribution in [-0.4, -0.2) is 19.9 Å². The second-order valence-corrected chi connectivity index (χ2v) is 4.18. The Labute approximate surface area is 109 Å². The van der Waals surface area contributed by atoms with Gasteiger partial charge >= 0.3 is 0 Å². The minimum Gasteiger partial charge on any atom is -0.324 e. The van der Waals surface area contributed by atoms with E-state index in [0.29, 0.717) is 10.9 Å². The van der Waals surface area contributed by atoms with Crippen LogP contribution in [0, 0.1) is 0 Å². The number of nitrogens with one attached hydrogen (secondary N) is 2. The van der Waals surface area contributed by atoms with Crippen molar-refractivity contribution < 1.29 is 0 Å². The van der Waals surface area contributed by atoms with E-state index >= 15 is 0 Å². The monoisotopic (exact) mass is 254 g/mol. The second-order valence-electron chi connectivity index (χ2n) is 3.77. The van der Waals surface area contributed by atoms with Gasteiger partial charge in [0, 0.05) is 6.20 Å². The van der Waals surface area contributed by atoms with Crippen LogP contribution in [0.15, 0.2) is 48.7 Å². The molecule has 0 aliphatic heterocycles. The molecule has 0 unspecified atom stereocenters. The number of nitrogens with zero attached hydrogens (tertiary/aromatic N) is 2. The van der Waals surface area contributed by atoms with Gasteiger partial charge in [-0.05, 0) is 24.3 Å². The summed E-state index contributed by atoms with van der Waals surface area (Å²) >= 11 is 5.27. The molecule has 0 aliphatic rings. The molecule has 0 spiro atoms. The number of fused-ring (bicyclic) bond motifs is 1. The molecular weight excluding hydrogens is 244 g/mol. The number of anilines is 1. The molecule has 0 saturated heterocycles. The summed E-state index contributed by atoms with van der Waals surface area (Å²) in [6.07, 6.45) is 1.71. The first-order valence-corrected chi connectivity index (χ1v) is 5.91. The van der Waals surface area contributed by atoms with Gasteiger partial charge in [-0.3, -0.25) is 4.98 Å². The van der Waals surface area contributed by atoms with E-state index < -0.39 is 0 Å². The Morgan fingerprint density at radius 3 is 2.72 bits per heavy atom. The van der Waals surface area contributed by atoms with Crippen LogP contribution in [0.3, 0.4) is 0 Å². The zero-order chi connectivity index (χ0) is 12.4. The van der Waals surface area contributed by atoms with Crippen LogP contribution < -0.4 is 5.32 Å². The van der Waals surface area contributed by atoms with Gasteiger partial charge in [-0.2, -0.15) is 0 Å². The van der Waals surface area contributed by atoms with Gasteiger partial charge in [-0.15, -0.1) is 0 Å². The van der Waals surface area contributed by atoms with Gasteiger partial charge in [0.05, 0.1) is 16.7 Å². The third kappa shape index (κ3) is 2.08. The molecule has 0 radical (unpaired) electrons. The highest BCUT2D eigenvalue weighted by molar-refractivity contribution is 7.81. The minimum atomic E-state index is 0.551. The van der Waals surface area contributed by atoms with Crippen molar-refractivity contribution in [1.82, 2.24) is 15.0 Å². The van der Waals surface area contributed by atoms with Crippen molar-refractivity contribution in [3.63, 3.8) is 0 Å². The van der Waals surface area contributed by atoms with E-state index in [0.717, 1.165) is 16.7 Å². The lowest BCUT2D eigenvalue weighted by Crippen LogP contribution is -2.12.